The van der Waals surface area contributed by atoms with Crippen LogP contribution in [0, 0.1) is 32.1 Å². The highest BCUT2D eigenvalue weighted by Gasteiger charge is 2.12. The zero-order valence-electron chi connectivity index (χ0n) is 9.52. The molecular weight excluding hydrogens is 200 g/mol. The first kappa shape index (κ1) is 10.4. The second-order valence-corrected chi connectivity index (χ2v) is 3.69. The molecule has 0 amide bonds. The van der Waals surface area contributed by atoms with Gasteiger partial charge in [-0.25, -0.2) is 9.67 Å². The first-order chi connectivity index (χ1) is 7.65. The molecule has 2 rings (SSSR count). The maximum absolute atomic E-state index is 9.02. The van der Waals surface area contributed by atoms with Crippen LogP contribution in [0.1, 0.15) is 22.5 Å². The van der Waals surface area contributed by atoms with Crippen LogP contribution in [-0.4, -0.2) is 14.8 Å². The van der Waals surface area contributed by atoms with Crippen molar-refractivity contribution in [3.8, 4) is 11.9 Å². The number of hydrogen-bond acceptors (Lipinski definition) is 3. The van der Waals surface area contributed by atoms with E-state index in [1.165, 1.54) is 0 Å². The summed E-state index contributed by atoms with van der Waals surface area (Å²) >= 11 is 0. The lowest BCUT2D eigenvalue weighted by Crippen LogP contribution is -2.04. The molecule has 0 atom stereocenters. The van der Waals surface area contributed by atoms with E-state index in [-0.39, 0.29) is 0 Å². The Labute approximate surface area is 94.2 Å². The van der Waals surface area contributed by atoms with Gasteiger partial charge in [-0.2, -0.15) is 10.4 Å². The van der Waals surface area contributed by atoms with E-state index < -0.39 is 0 Å². The van der Waals surface area contributed by atoms with Crippen LogP contribution >= 0.6 is 0 Å². The molecule has 4 heteroatoms. The van der Waals surface area contributed by atoms with E-state index >= 15 is 0 Å². The molecule has 2 aromatic rings. The Bertz CT molecular complexity index is 575. The highest BCUT2D eigenvalue weighted by Crippen LogP contribution is 2.17. The van der Waals surface area contributed by atoms with E-state index in [4.69, 9.17) is 5.26 Å². The Balaban J connectivity index is 2.69. The smallest absolute Gasteiger partial charge is 0.171 e. The molecule has 80 valence electrons. The summed E-state index contributed by atoms with van der Waals surface area (Å²) in [7, 11) is 0. The van der Waals surface area contributed by atoms with Crippen LogP contribution in [0.4, 0.5) is 0 Å². The van der Waals surface area contributed by atoms with Gasteiger partial charge in [-0.1, -0.05) is 0 Å². The maximum Gasteiger partial charge on any atom is 0.171 e. The van der Waals surface area contributed by atoms with Crippen LogP contribution in [0.2, 0.25) is 0 Å². The molecule has 0 N–H and O–H groups in total. The third-order valence-corrected chi connectivity index (χ3v) is 2.76. The first-order valence-electron chi connectivity index (χ1n) is 5.03. The van der Waals surface area contributed by atoms with Gasteiger partial charge in [0.2, 0.25) is 0 Å². The summed E-state index contributed by atoms with van der Waals surface area (Å²) in [6.07, 6.45) is 1.67. The number of hydrogen-bond donors (Lipinski definition) is 0. The topological polar surface area (TPSA) is 54.5 Å². The highest BCUT2D eigenvalue weighted by atomic mass is 15.3. The van der Waals surface area contributed by atoms with Crippen LogP contribution in [0.5, 0.6) is 0 Å². The van der Waals surface area contributed by atoms with E-state index in [0.717, 1.165) is 17.0 Å². The lowest BCUT2D eigenvalue weighted by Gasteiger charge is -2.04. The fourth-order valence-corrected chi connectivity index (χ4v) is 1.58. The number of rotatable bonds is 1. The molecule has 2 aromatic heterocycles. The Hall–Kier alpha value is -2.15. The number of aromatic nitrogens is 3. The fourth-order valence-electron chi connectivity index (χ4n) is 1.58. The summed E-state index contributed by atoms with van der Waals surface area (Å²) in [5.41, 5.74) is 3.65. The minimum absolute atomic E-state index is 0.535. The SMILES string of the molecule is Cc1nn(-c2ncccc2C#N)c(C)c1C. The quantitative estimate of drug-likeness (QED) is 0.727. The molecule has 0 aliphatic carbocycles. The van der Waals surface area contributed by atoms with Gasteiger partial charge >= 0.3 is 0 Å². The van der Waals surface area contributed by atoms with Gasteiger partial charge in [0.25, 0.3) is 0 Å². The summed E-state index contributed by atoms with van der Waals surface area (Å²) < 4.78 is 1.73. The Kier molecular flexibility index (Phi) is 2.45. The number of pyridine rings is 1. The molecule has 16 heavy (non-hydrogen) atoms. The summed E-state index contributed by atoms with van der Waals surface area (Å²) in [6.45, 7) is 5.95. The molecule has 0 radical (unpaired) electrons. The van der Waals surface area contributed by atoms with Crippen molar-refractivity contribution in [2.24, 2.45) is 0 Å². The Morgan fingerprint density at radius 2 is 2.06 bits per heavy atom. The molecule has 2 heterocycles. The lowest BCUT2D eigenvalue weighted by molar-refractivity contribution is 0.803. The van der Waals surface area contributed by atoms with Crippen molar-refractivity contribution >= 4 is 0 Å². The van der Waals surface area contributed by atoms with Gasteiger partial charge in [0.05, 0.1) is 11.3 Å². The average molecular weight is 212 g/mol. The average Bonchev–Trinajstić information content (AvgIpc) is 2.57. The molecule has 0 aliphatic heterocycles. The van der Waals surface area contributed by atoms with Crippen molar-refractivity contribution in [1.82, 2.24) is 14.8 Å². The number of nitriles is 1. The minimum atomic E-state index is 0.535. The molecule has 0 saturated carbocycles. The van der Waals surface area contributed by atoms with E-state index in [1.807, 2.05) is 20.8 Å². The van der Waals surface area contributed by atoms with E-state index in [1.54, 1.807) is 23.0 Å². The monoisotopic (exact) mass is 212 g/mol. The normalized spacial score (nSPS) is 10.1. The lowest BCUT2D eigenvalue weighted by atomic mass is 10.2. The Morgan fingerprint density at radius 1 is 1.31 bits per heavy atom. The first-order valence-corrected chi connectivity index (χ1v) is 5.03. The number of aryl methyl sites for hydroxylation is 1. The summed E-state index contributed by atoms with van der Waals surface area (Å²) in [6, 6.07) is 5.62. The molecule has 0 bridgehead atoms. The summed E-state index contributed by atoms with van der Waals surface area (Å²) in [4.78, 5) is 4.21. The van der Waals surface area contributed by atoms with Gasteiger partial charge in [-0.15, -0.1) is 0 Å². The van der Waals surface area contributed by atoms with Gasteiger partial charge in [-0.3, -0.25) is 0 Å². The van der Waals surface area contributed by atoms with Crippen LogP contribution in [0.15, 0.2) is 18.3 Å². The predicted molar refractivity (Wildman–Crippen MR) is 60.3 cm³/mol. The van der Waals surface area contributed by atoms with Crippen LogP contribution < -0.4 is 0 Å². The fraction of sp³-hybridized carbons (Fsp3) is 0.250. The molecule has 0 saturated heterocycles. The predicted octanol–water partition coefficient (Wildman–Crippen LogP) is 2.06. The Morgan fingerprint density at radius 3 is 2.62 bits per heavy atom. The largest absolute Gasteiger partial charge is 0.236 e. The van der Waals surface area contributed by atoms with Crippen molar-refractivity contribution in [3.63, 3.8) is 0 Å². The van der Waals surface area contributed by atoms with Gasteiger partial charge in [-0.05, 0) is 38.5 Å². The van der Waals surface area contributed by atoms with Crippen LogP contribution in [0.3, 0.4) is 0 Å². The van der Waals surface area contributed by atoms with E-state index in [2.05, 4.69) is 16.2 Å². The molecule has 0 aliphatic rings. The van der Waals surface area contributed by atoms with Gasteiger partial charge in [0.15, 0.2) is 5.82 Å². The minimum Gasteiger partial charge on any atom is -0.236 e. The standard InChI is InChI=1S/C12H12N4/c1-8-9(2)15-16(10(8)3)12-11(7-13)5-4-6-14-12/h4-6H,1-3H3. The molecule has 0 fully saturated rings. The third kappa shape index (κ3) is 1.47. The summed E-state index contributed by atoms with van der Waals surface area (Å²) in [5.74, 6) is 0.596. The van der Waals surface area contributed by atoms with E-state index in [9.17, 15) is 0 Å². The second kappa shape index (κ2) is 3.78. The zero-order valence-corrected chi connectivity index (χ0v) is 9.52. The molecule has 4 nitrogen and oxygen atoms in total. The van der Waals surface area contributed by atoms with Crippen molar-refractivity contribution in [2.45, 2.75) is 20.8 Å². The molecule has 0 spiro atoms. The van der Waals surface area contributed by atoms with Crippen molar-refractivity contribution in [3.05, 3.63) is 40.8 Å². The molecular formula is C12H12N4. The van der Waals surface area contributed by atoms with Crippen LogP contribution in [-0.2, 0) is 0 Å². The van der Waals surface area contributed by atoms with Crippen molar-refractivity contribution in [1.29, 1.82) is 5.26 Å². The van der Waals surface area contributed by atoms with Gasteiger partial charge in [0.1, 0.15) is 6.07 Å². The molecule has 0 aromatic carbocycles. The summed E-state index contributed by atoms with van der Waals surface area (Å²) in [5, 5.41) is 13.4. The highest BCUT2D eigenvalue weighted by molar-refractivity contribution is 5.44. The van der Waals surface area contributed by atoms with Crippen molar-refractivity contribution in [2.75, 3.05) is 0 Å². The second-order valence-electron chi connectivity index (χ2n) is 3.69. The number of nitrogens with zero attached hydrogens (tertiary/aromatic N) is 4. The third-order valence-electron chi connectivity index (χ3n) is 2.76. The van der Waals surface area contributed by atoms with Crippen LogP contribution in [0.25, 0.3) is 5.82 Å². The van der Waals surface area contributed by atoms with Gasteiger partial charge < -0.3 is 0 Å². The molecule has 0 unspecified atom stereocenters. The maximum atomic E-state index is 9.02. The van der Waals surface area contributed by atoms with E-state index in [0.29, 0.717) is 11.4 Å². The van der Waals surface area contributed by atoms with Crippen molar-refractivity contribution < 1.29 is 0 Å². The zero-order chi connectivity index (χ0) is 11.7. The van der Waals surface area contributed by atoms with Gasteiger partial charge in [0, 0.05) is 11.9 Å².